The number of halogens is 2. The van der Waals surface area contributed by atoms with Crippen LogP contribution in [0.3, 0.4) is 0 Å². The maximum absolute atomic E-state index is 14.7. The Hall–Kier alpha value is -3.79. The van der Waals surface area contributed by atoms with Gasteiger partial charge in [0.05, 0.1) is 11.9 Å². The number of amides is 2. The van der Waals surface area contributed by atoms with E-state index < -0.39 is 46.1 Å². The van der Waals surface area contributed by atoms with Gasteiger partial charge in [0.25, 0.3) is 0 Å². The minimum absolute atomic E-state index is 0.0413. The van der Waals surface area contributed by atoms with Gasteiger partial charge in [-0.1, -0.05) is 61.5 Å². The van der Waals surface area contributed by atoms with Crippen LogP contribution in [0.2, 0.25) is 0 Å². The van der Waals surface area contributed by atoms with E-state index in [9.17, 15) is 26.8 Å². The van der Waals surface area contributed by atoms with Crippen molar-refractivity contribution in [2.75, 3.05) is 17.1 Å². The molecule has 208 valence electrons. The van der Waals surface area contributed by atoms with Gasteiger partial charge in [0, 0.05) is 24.6 Å². The number of benzene rings is 3. The second-order valence-electron chi connectivity index (χ2n) is 9.39. The van der Waals surface area contributed by atoms with Crippen LogP contribution in [0.5, 0.6) is 0 Å². The summed E-state index contributed by atoms with van der Waals surface area (Å²) < 4.78 is 54.9. The predicted octanol–water partition coefficient (Wildman–Crippen LogP) is 4.29. The molecular weight excluding hydrogens is 524 g/mol. The molecule has 0 saturated carbocycles. The molecule has 2 amide bonds. The number of sulfonamides is 1. The molecule has 0 spiro atoms. The summed E-state index contributed by atoms with van der Waals surface area (Å²) >= 11 is 0. The van der Waals surface area contributed by atoms with E-state index in [1.807, 2.05) is 32.0 Å². The van der Waals surface area contributed by atoms with Gasteiger partial charge in [0.1, 0.15) is 24.2 Å². The summed E-state index contributed by atoms with van der Waals surface area (Å²) in [6, 6.07) is 18.5. The largest absolute Gasteiger partial charge is 0.352 e. The van der Waals surface area contributed by atoms with Crippen molar-refractivity contribution in [1.29, 1.82) is 0 Å². The molecule has 0 aliphatic heterocycles. The summed E-state index contributed by atoms with van der Waals surface area (Å²) in [6.07, 6.45) is 1.66. The first kappa shape index (κ1) is 29.8. The van der Waals surface area contributed by atoms with Crippen LogP contribution in [0.1, 0.15) is 31.4 Å². The molecule has 1 N–H and O–H groups in total. The molecule has 7 nitrogen and oxygen atoms in total. The predicted molar refractivity (Wildman–Crippen MR) is 147 cm³/mol. The minimum Gasteiger partial charge on any atom is -0.352 e. The smallest absolute Gasteiger partial charge is 0.244 e. The maximum atomic E-state index is 14.7. The van der Waals surface area contributed by atoms with Crippen LogP contribution in [0.4, 0.5) is 14.5 Å². The molecule has 39 heavy (non-hydrogen) atoms. The molecule has 0 aromatic heterocycles. The first-order valence-corrected chi connectivity index (χ1v) is 14.4. The summed E-state index contributed by atoms with van der Waals surface area (Å²) in [5, 5.41) is 2.90. The van der Waals surface area contributed by atoms with E-state index in [1.165, 1.54) is 35.2 Å². The zero-order valence-electron chi connectivity index (χ0n) is 22.2. The number of rotatable bonds is 12. The molecule has 0 fully saturated rings. The third-order valence-corrected chi connectivity index (χ3v) is 7.49. The number of hydrogen-bond acceptors (Lipinski definition) is 4. The average Bonchev–Trinajstić information content (AvgIpc) is 2.89. The zero-order valence-corrected chi connectivity index (χ0v) is 23.0. The maximum Gasteiger partial charge on any atom is 0.244 e. The fourth-order valence-electron chi connectivity index (χ4n) is 4.05. The minimum atomic E-state index is -4.03. The highest BCUT2D eigenvalue weighted by molar-refractivity contribution is 7.92. The number of hydrogen-bond donors (Lipinski definition) is 1. The van der Waals surface area contributed by atoms with Crippen molar-refractivity contribution < 1.29 is 26.8 Å². The van der Waals surface area contributed by atoms with Crippen LogP contribution in [-0.4, -0.2) is 50.0 Å². The summed E-state index contributed by atoms with van der Waals surface area (Å²) in [4.78, 5) is 28.6. The number of anilines is 1. The normalized spacial score (nSPS) is 12.8. The Labute approximate surface area is 228 Å². The Kier molecular flexibility index (Phi) is 10.2. The summed E-state index contributed by atoms with van der Waals surface area (Å²) in [6.45, 7) is 2.74. The Morgan fingerprint density at radius 2 is 1.62 bits per heavy atom. The molecule has 2 unspecified atom stereocenters. The molecule has 3 aromatic carbocycles. The van der Waals surface area contributed by atoms with Crippen LogP contribution in [0.25, 0.3) is 0 Å². The monoisotopic (exact) mass is 557 g/mol. The van der Waals surface area contributed by atoms with Crippen LogP contribution in [0.15, 0.2) is 78.9 Å². The molecule has 10 heteroatoms. The van der Waals surface area contributed by atoms with Gasteiger partial charge in [0.2, 0.25) is 21.8 Å². The lowest BCUT2D eigenvalue weighted by molar-refractivity contribution is -0.140. The van der Waals surface area contributed by atoms with Crippen molar-refractivity contribution in [3.63, 3.8) is 0 Å². The summed E-state index contributed by atoms with van der Waals surface area (Å²) in [5.41, 5.74) is 0.885. The van der Waals surface area contributed by atoms with E-state index in [4.69, 9.17) is 0 Å². The molecule has 0 heterocycles. The summed E-state index contributed by atoms with van der Waals surface area (Å²) in [7, 11) is -4.03. The zero-order chi connectivity index (χ0) is 28.6. The van der Waals surface area contributed by atoms with Crippen LogP contribution >= 0.6 is 0 Å². The topological polar surface area (TPSA) is 86.8 Å². The molecular formula is C29H33F2N3O4S. The Morgan fingerprint density at radius 1 is 0.949 bits per heavy atom. The lowest BCUT2D eigenvalue weighted by atomic mass is 10.0. The van der Waals surface area contributed by atoms with Crippen LogP contribution in [0, 0.1) is 11.6 Å². The first-order valence-electron chi connectivity index (χ1n) is 12.6. The molecule has 0 bridgehead atoms. The summed E-state index contributed by atoms with van der Waals surface area (Å²) in [5.74, 6) is -2.43. The van der Waals surface area contributed by atoms with Crippen molar-refractivity contribution >= 4 is 27.5 Å². The van der Waals surface area contributed by atoms with Crippen molar-refractivity contribution in [3.8, 4) is 0 Å². The van der Waals surface area contributed by atoms with Gasteiger partial charge in [-0.3, -0.25) is 13.9 Å². The third-order valence-electron chi connectivity index (χ3n) is 6.35. The second kappa shape index (κ2) is 13.3. The van der Waals surface area contributed by atoms with Gasteiger partial charge in [-0.2, -0.15) is 0 Å². The van der Waals surface area contributed by atoms with Gasteiger partial charge in [0.15, 0.2) is 0 Å². The number of carbonyl (C=O) groups excluding carboxylic acids is 2. The number of nitrogens with one attached hydrogen (secondary N) is 1. The van der Waals surface area contributed by atoms with Crippen molar-refractivity contribution in [2.45, 2.75) is 45.3 Å². The standard InChI is InChI=1S/C29H33F2N3O4S/c1-4-21(2)32-29(36)27(17-22-11-6-5-7-12-22)33(19-23-13-8-9-16-26(23)31)28(35)20-34(39(3,37)38)25-15-10-14-24(30)18-25/h5-16,18,21,27H,4,17,19-20H2,1-3H3,(H,32,36). The fourth-order valence-corrected chi connectivity index (χ4v) is 4.89. The second-order valence-corrected chi connectivity index (χ2v) is 11.3. The Bertz CT molecular complexity index is 1390. The molecule has 0 radical (unpaired) electrons. The van der Waals surface area contributed by atoms with Crippen LogP contribution in [-0.2, 0) is 32.6 Å². The van der Waals surface area contributed by atoms with E-state index >= 15 is 0 Å². The molecule has 0 saturated heterocycles. The van der Waals surface area contributed by atoms with Gasteiger partial charge >= 0.3 is 0 Å². The highest BCUT2D eigenvalue weighted by atomic mass is 32.2. The molecule has 0 aliphatic carbocycles. The molecule has 0 aliphatic rings. The van der Waals surface area contributed by atoms with Crippen molar-refractivity contribution in [1.82, 2.24) is 10.2 Å². The SMILES string of the molecule is CCC(C)NC(=O)C(Cc1ccccc1)N(Cc1ccccc1F)C(=O)CN(c1cccc(F)c1)S(C)(=O)=O. The lowest BCUT2D eigenvalue weighted by Crippen LogP contribution is -2.54. The highest BCUT2D eigenvalue weighted by Crippen LogP contribution is 2.22. The van der Waals surface area contributed by atoms with Gasteiger partial charge < -0.3 is 10.2 Å². The van der Waals surface area contributed by atoms with E-state index in [2.05, 4.69) is 5.32 Å². The molecule has 3 rings (SSSR count). The Morgan fingerprint density at radius 3 is 2.23 bits per heavy atom. The lowest BCUT2D eigenvalue weighted by Gasteiger charge is -2.34. The molecule has 2 atom stereocenters. The quantitative estimate of drug-likeness (QED) is 0.360. The van der Waals surface area contributed by atoms with Crippen molar-refractivity contribution in [2.24, 2.45) is 0 Å². The van der Waals surface area contributed by atoms with Gasteiger partial charge in [-0.15, -0.1) is 0 Å². The van der Waals surface area contributed by atoms with E-state index in [0.717, 1.165) is 28.3 Å². The highest BCUT2D eigenvalue weighted by Gasteiger charge is 2.33. The van der Waals surface area contributed by atoms with Gasteiger partial charge in [-0.05, 0) is 43.2 Å². The average molecular weight is 558 g/mol. The van der Waals surface area contributed by atoms with E-state index in [0.29, 0.717) is 6.42 Å². The number of nitrogens with zero attached hydrogens (tertiary/aromatic N) is 2. The van der Waals surface area contributed by atoms with Gasteiger partial charge in [-0.25, -0.2) is 17.2 Å². The third kappa shape index (κ3) is 8.35. The van der Waals surface area contributed by atoms with E-state index in [-0.39, 0.29) is 30.3 Å². The molecule has 3 aromatic rings. The fraction of sp³-hybridized carbons (Fsp3) is 0.310. The van der Waals surface area contributed by atoms with Crippen molar-refractivity contribution in [3.05, 3.63) is 102 Å². The Balaban J connectivity index is 2.07. The van der Waals surface area contributed by atoms with E-state index in [1.54, 1.807) is 18.2 Å². The first-order chi connectivity index (χ1) is 18.5. The van der Waals surface area contributed by atoms with Crippen LogP contribution < -0.4 is 9.62 Å². The number of carbonyl (C=O) groups is 2.